The Labute approximate surface area is 172 Å². The Morgan fingerprint density at radius 2 is 1.67 bits per heavy atom. The third-order valence-corrected chi connectivity index (χ3v) is 6.88. The summed E-state index contributed by atoms with van der Waals surface area (Å²) < 4.78 is 38.2. The summed E-state index contributed by atoms with van der Waals surface area (Å²) in [5, 5.41) is 10.9. The second kappa shape index (κ2) is 7.92. The van der Waals surface area contributed by atoms with E-state index in [4.69, 9.17) is 9.47 Å². The molecule has 158 valence electrons. The number of ether oxygens (including phenoxy) is 2. The van der Waals surface area contributed by atoms with Crippen LogP contribution in [0.1, 0.15) is 10.4 Å². The smallest absolute Gasteiger partial charge is 0.270 e. The highest BCUT2D eigenvalue weighted by molar-refractivity contribution is 7.89. The SMILES string of the molecule is O=C(c1cccc([N+](=O)[O-])c1)N1CCN(S(=O)(=O)c2ccc3c(c2)OCCO3)CC1. The molecule has 11 heteroatoms. The van der Waals surface area contributed by atoms with Crippen LogP contribution in [0.4, 0.5) is 5.69 Å². The Balaban J connectivity index is 1.45. The first-order valence-corrected chi connectivity index (χ1v) is 10.7. The highest BCUT2D eigenvalue weighted by Crippen LogP contribution is 2.33. The normalized spacial score (nSPS) is 16.9. The van der Waals surface area contributed by atoms with Crippen LogP contribution in [0.3, 0.4) is 0 Å². The van der Waals surface area contributed by atoms with Crippen molar-refractivity contribution < 1.29 is 27.6 Å². The molecule has 0 saturated carbocycles. The number of sulfonamides is 1. The second-order valence-electron chi connectivity index (χ2n) is 6.81. The molecule has 2 heterocycles. The van der Waals surface area contributed by atoms with E-state index in [1.54, 1.807) is 6.07 Å². The summed E-state index contributed by atoms with van der Waals surface area (Å²) in [5.41, 5.74) is 0.0352. The fraction of sp³-hybridized carbons (Fsp3) is 0.316. The van der Waals surface area contributed by atoms with E-state index in [9.17, 15) is 23.3 Å². The minimum Gasteiger partial charge on any atom is -0.486 e. The van der Waals surface area contributed by atoms with Crippen molar-refractivity contribution in [2.24, 2.45) is 0 Å². The van der Waals surface area contributed by atoms with Crippen molar-refractivity contribution >= 4 is 21.6 Å². The molecule has 1 fully saturated rings. The number of amides is 1. The third kappa shape index (κ3) is 3.81. The lowest BCUT2D eigenvalue weighted by atomic mass is 10.1. The van der Waals surface area contributed by atoms with E-state index in [0.717, 1.165) is 0 Å². The molecule has 0 atom stereocenters. The average molecular weight is 433 g/mol. The molecule has 30 heavy (non-hydrogen) atoms. The maximum absolute atomic E-state index is 13.0. The number of hydrogen-bond acceptors (Lipinski definition) is 7. The summed E-state index contributed by atoms with van der Waals surface area (Å²) in [4.78, 5) is 24.6. The average Bonchev–Trinajstić information content (AvgIpc) is 2.78. The third-order valence-electron chi connectivity index (χ3n) is 4.98. The van der Waals surface area contributed by atoms with Crippen LogP contribution in [-0.4, -0.2) is 67.8 Å². The van der Waals surface area contributed by atoms with Gasteiger partial charge in [-0.05, 0) is 18.2 Å². The molecular weight excluding hydrogens is 414 g/mol. The standard InChI is InChI=1S/C19H19N3O7S/c23-19(14-2-1-3-15(12-14)22(24)25)20-6-8-21(9-7-20)30(26,27)16-4-5-17-18(13-16)29-11-10-28-17/h1-5,12-13H,6-11H2. The number of non-ortho nitro benzene ring substituents is 1. The molecule has 2 aromatic carbocycles. The molecule has 2 aromatic rings. The Morgan fingerprint density at radius 1 is 0.967 bits per heavy atom. The lowest BCUT2D eigenvalue weighted by Crippen LogP contribution is -2.50. The van der Waals surface area contributed by atoms with Crippen molar-refractivity contribution in [2.75, 3.05) is 39.4 Å². The molecule has 2 aliphatic rings. The largest absolute Gasteiger partial charge is 0.486 e. The van der Waals surface area contributed by atoms with Crippen LogP contribution in [0.25, 0.3) is 0 Å². The van der Waals surface area contributed by atoms with Crippen molar-refractivity contribution in [1.29, 1.82) is 0 Å². The van der Waals surface area contributed by atoms with Crippen LogP contribution in [0.2, 0.25) is 0 Å². The van der Waals surface area contributed by atoms with Gasteiger partial charge in [0.25, 0.3) is 11.6 Å². The molecule has 0 radical (unpaired) electrons. The highest BCUT2D eigenvalue weighted by Gasteiger charge is 2.31. The predicted molar refractivity (Wildman–Crippen MR) is 105 cm³/mol. The van der Waals surface area contributed by atoms with Gasteiger partial charge in [0.1, 0.15) is 13.2 Å². The molecule has 2 aliphatic heterocycles. The minimum absolute atomic E-state index is 0.102. The number of hydrogen-bond donors (Lipinski definition) is 0. The topological polar surface area (TPSA) is 119 Å². The van der Waals surface area contributed by atoms with E-state index in [1.807, 2.05) is 0 Å². The van der Waals surface area contributed by atoms with Gasteiger partial charge in [-0.15, -0.1) is 0 Å². The Kier molecular flexibility index (Phi) is 5.31. The molecule has 10 nitrogen and oxygen atoms in total. The summed E-state index contributed by atoms with van der Waals surface area (Å²) >= 11 is 0. The lowest BCUT2D eigenvalue weighted by molar-refractivity contribution is -0.384. The zero-order valence-corrected chi connectivity index (χ0v) is 16.7. The van der Waals surface area contributed by atoms with Crippen LogP contribution < -0.4 is 9.47 Å². The Hall–Kier alpha value is -3.18. The van der Waals surface area contributed by atoms with Crippen molar-refractivity contribution in [1.82, 2.24) is 9.21 Å². The summed E-state index contributed by atoms with van der Waals surface area (Å²) in [5.74, 6) is 0.532. The van der Waals surface area contributed by atoms with Gasteiger partial charge in [0.2, 0.25) is 10.0 Å². The van der Waals surface area contributed by atoms with E-state index >= 15 is 0 Å². The molecule has 0 spiro atoms. The molecule has 4 rings (SSSR count). The summed E-state index contributed by atoms with van der Waals surface area (Å²) in [7, 11) is -3.76. The van der Waals surface area contributed by atoms with Gasteiger partial charge in [0.05, 0.1) is 9.82 Å². The van der Waals surface area contributed by atoms with Gasteiger partial charge in [-0.25, -0.2) is 8.42 Å². The van der Waals surface area contributed by atoms with Crippen LogP contribution >= 0.6 is 0 Å². The van der Waals surface area contributed by atoms with E-state index in [1.165, 1.54) is 45.6 Å². The number of carbonyl (C=O) groups excluding carboxylic acids is 1. The van der Waals surface area contributed by atoms with Gasteiger partial charge in [-0.1, -0.05) is 6.07 Å². The highest BCUT2D eigenvalue weighted by atomic mass is 32.2. The second-order valence-corrected chi connectivity index (χ2v) is 8.75. The van der Waals surface area contributed by atoms with Gasteiger partial charge in [0, 0.05) is 49.9 Å². The van der Waals surface area contributed by atoms with E-state index < -0.39 is 14.9 Å². The van der Waals surface area contributed by atoms with Crippen LogP contribution in [0, 0.1) is 10.1 Å². The summed E-state index contributed by atoms with van der Waals surface area (Å²) in [6, 6.07) is 9.99. The number of nitrogens with zero attached hydrogens (tertiary/aromatic N) is 3. The minimum atomic E-state index is -3.76. The summed E-state index contributed by atoms with van der Waals surface area (Å²) in [6.07, 6.45) is 0. The molecule has 1 amide bonds. The van der Waals surface area contributed by atoms with E-state index in [-0.39, 0.29) is 48.2 Å². The van der Waals surface area contributed by atoms with E-state index in [2.05, 4.69) is 0 Å². The fourth-order valence-corrected chi connectivity index (χ4v) is 4.84. The van der Waals surface area contributed by atoms with Crippen molar-refractivity contribution in [3.8, 4) is 11.5 Å². The van der Waals surface area contributed by atoms with Crippen molar-refractivity contribution in [3.63, 3.8) is 0 Å². The number of piperazine rings is 1. The molecule has 0 aliphatic carbocycles. The van der Waals surface area contributed by atoms with Gasteiger partial charge in [0.15, 0.2) is 11.5 Å². The number of nitro benzene ring substituents is 1. The predicted octanol–water partition coefficient (Wildman–Crippen LogP) is 1.51. The van der Waals surface area contributed by atoms with Gasteiger partial charge in [-0.3, -0.25) is 14.9 Å². The van der Waals surface area contributed by atoms with Crippen LogP contribution in [-0.2, 0) is 10.0 Å². The van der Waals surface area contributed by atoms with E-state index in [0.29, 0.717) is 24.7 Å². The number of fused-ring (bicyclic) bond motifs is 1. The van der Waals surface area contributed by atoms with Crippen LogP contribution in [0.15, 0.2) is 47.4 Å². The first-order valence-electron chi connectivity index (χ1n) is 9.30. The van der Waals surface area contributed by atoms with Crippen molar-refractivity contribution in [3.05, 3.63) is 58.1 Å². The van der Waals surface area contributed by atoms with Gasteiger partial charge < -0.3 is 14.4 Å². The van der Waals surface area contributed by atoms with Gasteiger partial charge >= 0.3 is 0 Å². The zero-order chi connectivity index (χ0) is 21.3. The maximum Gasteiger partial charge on any atom is 0.270 e. The molecule has 0 bridgehead atoms. The fourth-order valence-electron chi connectivity index (χ4n) is 3.40. The first-order chi connectivity index (χ1) is 14.4. The monoisotopic (exact) mass is 433 g/mol. The van der Waals surface area contributed by atoms with Crippen molar-refractivity contribution in [2.45, 2.75) is 4.90 Å². The number of rotatable bonds is 4. The molecule has 1 saturated heterocycles. The Morgan fingerprint density at radius 3 is 2.37 bits per heavy atom. The molecule has 0 aromatic heterocycles. The first kappa shape index (κ1) is 20.1. The molecule has 0 unspecified atom stereocenters. The maximum atomic E-state index is 13.0. The molecular formula is C19H19N3O7S. The number of carbonyl (C=O) groups is 1. The number of nitro groups is 1. The van der Waals surface area contributed by atoms with Gasteiger partial charge in [-0.2, -0.15) is 4.31 Å². The summed E-state index contributed by atoms with van der Waals surface area (Å²) in [6.45, 7) is 1.39. The lowest BCUT2D eigenvalue weighted by Gasteiger charge is -2.34. The zero-order valence-electron chi connectivity index (χ0n) is 15.9. The molecule has 0 N–H and O–H groups in total. The Bertz CT molecular complexity index is 1100. The number of benzene rings is 2. The van der Waals surface area contributed by atoms with Crippen LogP contribution in [0.5, 0.6) is 11.5 Å². The quantitative estimate of drug-likeness (QED) is 0.530.